The maximum atomic E-state index is 9.28. The van der Waals surface area contributed by atoms with Gasteiger partial charge in [-0.1, -0.05) is 44.1 Å². The van der Waals surface area contributed by atoms with E-state index in [2.05, 4.69) is 50.0 Å². The van der Waals surface area contributed by atoms with Gasteiger partial charge in [-0.15, -0.1) is 0 Å². The van der Waals surface area contributed by atoms with E-state index in [-0.39, 0.29) is 0 Å². The van der Waals surface area contributed by atoms with Crippen molar-refractivity contribution in [2.24, 2.45) is 0 Å². The summed E-state index contributed by atoms with van der Waals surface area (Å²) >= 11 is 0. The minimum absolute atomic E-state index is 0.787. The van der Waals surface area contributed by atoms with Gasteiger partial charge in [0.05, 0.1) is 5.56 Å². The summed E-state index contributed by atoms with van der Waals surface area (Å²) in [4.78, 5) is 0. The van der Waals surface area contributed by atoms with Gasteiger partial charge in [-0.25, -0.2) is 0 Å². The van der Waals surface area contributed by atoms with Crippen LogP contribution in [0.4, 0.5) is 0 Å². The Bertz CT molecular complexity index is 654. The van der Waals surface area contributed by atoms with Gasteiger partial charge in [-0.3, -0.25) is 0 Å². The molecule has 2 aromatic rings. The molecule has 1 aromatic carbocycles. The molecule has 1 aromatic heterocycles. The molecule has 0 saturated carbocycles. The van der Waals surface area contributed by atoms with Crippen molar-refractivity contribution < 1.29 is 0 Å². The highest BCUT2D eigenvalue weighted by atomic mass is 14.9. The quantitative estimate of drug-likeness (QED) is 0.674. The lowest BCUT2D eigenvalue weighted by Gasteiger charge is -2.05. The Morgan fingerprint density at radius 2 is 1.90 bits per heavy atom. The van der Waals surface area contributed by atoms with Crippen molar-refractivity contribution in [2.45, 2.75) is 39.5 Å². The summed E-state index contributed by atoms with van der Waals surface area (Å²) in [7, 11) is 0. The van der Waals surface area contributed by atoms with Crippen LogP contribution in [0.5, 0.6) is 0 Å². The van der Waals surface area contributed by atoms with E-state index < -0.39 is 0 Å². The summed E-state index contributed by atoms with van der Waals surface area (Å²) in [5, 5.41) is 9.28. The van der Waals surface area contributed by atoms with E-state index in [4.69, 9.17) is 0 Å². The predicted molar refractivity (Wildman–Crippen MR) is 88.4 cm³/mol. The second-order valence-corrected chi connectivity index (χ2v) is 5.50. The van der Waals surface area contributed by atoms with Crippen LogP contribution >= 0.6 is 0 Å². The van der Waals surface area contributed by atoms with E-state index in [1.807, 2.05) is 17.7 Å². The SMILES string of the molecule is C=C(C)c1ccc(-n2cc(C#N)c(CCCCC)c2)cc1. The molecule has 0 aliphatic rings. The van der Waals surface area contributed by atoms with Crippen LogP contribution in [-0.4, -0.2) is 4.57 Å². The summed E-state index contributed by atoms with van der Waals surface area (Å²) in [6.45, 7) is 8.15. The molecule has 0 saturated heterocycles. The van der Waals surface area contributed by atoms with E-state index in [1.54, 1.807) is 0 Å². The third kappa shape index (κ3) is 3.64. The number of benzene rings is 1. The zero-order valence-electron chi connectivity index (χ0n) is 12.9. The molecule has 0 amide bonds. The first-order valence-corrected chi connectivity index (χ1v) is 7.53. The first-order chi connectivity index (χ1) is 10.2. The minimum atomic E-state index is 0.787. The van der Waals surface area contributed by atoms with Crippen molar-refractivity contribution in [3.05, 3.63) is 59.9 Å². The lowest BCUT2D eigenvalue weighted by Crippen LogP contribution is -1.90. The fraction of sp³-hybridized carbons (Fsp3) is 0.316. The van der Waals surface area contributed by atoms with Crippen molar-refractivity contribution in [1.29, 1.82) is 5.26 Å². The smallest absolute Gasteiger partial charge is 0.101 e. The van der Waals surface area contributed by atoms with E-state index in [0.29, 0.717) is 0 Å². The number of aromatic nitrogens is 1. The van der Waals surface area contributed by atoms with Gasteiger partial charge in [0, 0.05) is 18.1 Å². The molecule has 0 radical (unpaired) electrons. The number of aryl methyl sites for hydroxylation is 1. The highest BCUT2D eigenvalue weighted by molar-refractivity contribution is 5.62. The Balaban J connectivity index is 2.23. The minimum Gasteiger partial charge on any atom is -0.322 e. The van der Waals surface area contributed by atoms with E-state index in [1.165, 1.54) is 12.8 Å². The van der Waals surface area contributed by atoms with Crippen molar-refractivity contribution in [3.8, 4) is 11.8 Å². The number of unbranched alkanes of at least 4 members (excludes halogenated alkanes) is 2. The summed E-state index contributed by atoms with van der Waals surface area (Å²) < 4.78 is 2.04. The van der Waals surface area contributed by atoms with Gasteiger partial charge in [0.1, 0.15) is 6.07 Å². The summed E-state index contributed by atoms with van der Waals surface area (Å²) in [5.41, 5.74) is 5.23. The van der Waals surface area contributed by atoms with Gasteiger partial charge in [0.15, 0.2) is 0 Å². The molecule has 0 fully saturated rings. The van der Waals surface area contributed by atoms with E-state index in [9.17, 15) is 5.26 Å². The van der Waals surface area contributed by atoms with Gasteiger partial charge < -0.3 is 4.57 Å². The van der Waals surface area contributed by atoms with Gasteiger partial charge in [-0.2, -0.15) is 5.26 Å². The number of hydrogen-bond acceptors (Lipinski definition) is 1. The molecule has 0 atom stereocenters. The molecule has 2 nitrogen and oxygen atoms in total. The highest BCUT2D eigenvalue weighted by Crippen LogP contribution is 2.20. The Hall–Kier alpha value is -2.27. The van der Waals surface area contributed by atoms with Crippen molar-refractivity contribution in [3.63, 3.8) is 0 Å². The summed E-state index contributed by atoms with van der Waals surface area (Å²) in [6, 6.07) is 10.6. The number of nitrogens with zero attached hydrogens (tertiary/aromatic N) is 2. The Morgan fingerprint density at radius 1 is 1.19 bits per heavy atom. The van der Waals surface area contributed by atoms with Crippen LogP contribution < -0.4 is 0 Å². The molecule has 21 heavy (non-hydrogen) atoms. The van der Waals surface area contributed by atoms with Crippen LogP contribution in [0.1, 0.15) is 49.8 Å². The number of nitriles is 1. The molecular weight excluding hydrogens is 256 g/mol. The molecule has 0 unspecified atom stereocenters. The molecule has 1 heterocycles. The Kier molecular flexibility index (Phi) is 5.00. The monoisotopic (exact) mass is 278 g/mol. The van der Waals surface area contributed by atoms with Crippen LogP contribution in [0.2, 0.25) is 0 Å². The van der Waals surface area contributed by atoms with E-state index in [0.717, 1.165) is 40.8 Å². The Morgan fingerprint density at radius 3 is 2.48 bits per heavy atom. The number of allylic oxidation sites excluding steroid dienone is 1. The van der Waals surface area contributed by atoms with Crippen LogP contribution in [0.15, 0.2) is 43.2 Å². The predicted octanol–water partition coefficient (Wildman–Crippen LogP) is 5.11. The average Bonchev–Trinajstić information content (AvgIpc) is 2.91. The largest absolute Gasteiger partial charge is 0.322 e. The fourth-order valence-electron chi connectivity index (χ4n) is 2.43. The molecule has 0 N–H and O–H groups in total. The maximum Gasteiger partial charge on any atom is 0.101 e. The van der Waals surface area contributed by atoms with Crippen molar-refractivity contribution in [1.82, 2.24) is 4.57 Å². The second-order valence-electron chi connectivity index (χ2n) is 5.50. The molecule has 0 bridgehead atoms. The highest BCUT2D eigenvalue weighted by Gasteiger charge is 2.07. The standard InChI is InChI=1S/C19H22N2/c1-4-5-6-7-17-13-21(14-18(17)12-20)19-10-8-16(9-11-19)15(2)3/h8-11,13-14H,2,4-7H2,1,3H3. The molecule has 0 aliphatic carbocycles. The molecule has 0 spiro atoms. The third-order valence-corrected chi connectivity index (χ3v) is 3.74. The molecule has 108 valence electrons. The summed E-state index contributed by atoms with van der Waals surface area (Å²) in [5.74, 6) is 0. The topological polar surface area (TPSA) is 28.7 Å². The van der Waals surface area contributed by atoms with Crippen LogP contribution in [0, 0.1) is 11.3 Å². The summed E-state index contributed by atoms with van der Waals surface area (Å²) in [6.07, 6.45) is 8.55. The van der Waals surface area contributed by atoms with Crippen molar-refractivity contribution in [2.75, 3.05) is 0 Å². The van der Waals surface area contributed by atoms with Crippen LogP contribution in [-0.2, 0) is 6.42 Å². The normalized spacial score (nSPS) is 10.3. The first-order valence-electron chi connectivity index (χ1n) is 7.53. The molecule has 0 aliphatic heterocycles. The first kappa shape index (κ1) is 15.1. The lowest BCUT2D eigenvalue weighted by molar-refractivity contribution is 0.716. The maximum absolute atomic E-state index is 9.28. The molecular formula is C19H22N2. The number of hydrogen-bond donors (Lipinski definition) is 0. The molecule has 2 heteroatoms. The Labute approximate surface area is 127 Å². The number of rotatable bonds is 6. The van der Waals surface area contributed by atoms with E-state index >= 15 is 0 Å². The third-order valence-electron chi connectivity index (χ3n) is 3.74. The van der Waals surface area contributed by atoms with Crippen LogP contribution in [0.25, 0.3) is 11.3 Å². The van der Waals surface area contributed by atoms with Crippen LogP contribution in [0.3, 0.4) is 0 Å². The van der Waals surface area contributed by atoms with Gasteiger partial charge in [-0.05, 0) is 43.0 Å². The molecule has 2 rings (SSSR count). The average molecular weight is 278 g/mol. The van der Waals surface area contributed by atoms with Crippen molar-refractivity contribution >= 4 is 5.57 Å². The lowest BCUT2D eigenvalue weighted by atomic mass is 10.1. The second kappa shape index (κ2) is 6.95. The zero-order chi connectivity index (χ0) is 15.2. The van der Waals surface area contributed by atoms with Gasteiger partial charge in [0.2, 0.25) is 0 Å². The van der Waals surface area contributed by atoms with Gasteiger partial charge >= 0.3 is 0 Å². The van der Waals surface area contributed by atoms with Gasteiger partial charge in [0.25, 0.3) is 0 Å². The fourth-order valence-corrected chi connectivity index (χ4v) is 2.43. The zero-order valence-corrected chi connectivity index (χ0v) is 12.9.